The molecule has 1 aromatic carbocycles. The smallest absolute Gasteiger partial charge is 0.120 e. The summed E-state index contributed by atoms with van der Waals surface area (Å²) < 4.78 is 6.05. The van der Waals surface area contributed by atoms with Crippen molar-refractivity contribution in [2.75, 3.05) is 7.11 Å². The van der Waals surface area contributed by atoms with Crippen molar-refractivity contribution in [3.05, 3.63) is 28.2 Å². The normalized spacial score (nSPS) is 8.92. The Morgan fingerprint density at radius 3 is 2.58 bits per heavy atom. The van der Waals surface area contributed by atoms with Crippen LogP contribution in [0.15, 0.2) is 22.7 Å². The van der Waals surface area contributed by atoms with Crippen molar-refractivity contribution >= 4 is 28.3 Å². The summed E-state index contributed by atoms with van der Waals surface area (Å²) in [5, 5.41) is 0. The lowest BCUT2D eigenvalue weighted by Crippen LogP contribution is -1.96. The fourth-order valence-corrected chi connectivity index (χ4v) is 1.38. The van der Waals surface area contributed by atoms with Crippen molar-refractivity contribution in [1.29, 1.82) is 0 Å². The van der Waals surface area contributed by atoms with Gasteiger partial charge in [-0.15, -0.1) is 12.4 Å². The Kier molecular flexibility index (Phi) is 5.29. The van der Waals surface area contributed by atoms with E-state index in [-0.39, 0.29) is 12.4 Å². The van der Waals surface area contributed by atoms with Crippen LogP contribution in [-0.2, 0) is 6.54 Å². The van der Waals surface area contributed by atoms with Crippen LogP contribution in [0.1, 0.15) is 5.56 Å². The molecule has 0 heterocycles. The highest BCUT2D eigenvalue weighted by Crippen LogP contribution is 2.20. The van der Waals surface area contributed by atoms with E-state index in [9.17, 15) is 0 Å². The van der Waals surface area contributed by atoms with Gasteiger partial charge in [0.25, 0.3) is 0 Å². The second kappa shape index (κ2) is 5.41. The minimum absolute atomic E-state index is 0. The number of rotatable bonds is 2. The highest BCUT2D eigenvalue weighted by molar-refractivity contribution is 9.10. The van der Waals surface area contributed by atoms with Gasteiger partial charge in [0.2, 0.25) is 0 Å². The number of halogens is 2. The van der Waals surface area contributed by atoms with Gasteiger partial charge < -0.3 is 10.5 Å². The first-order chi connectivity index (χ1) is 5.26. The molecule has 0 spiro atoms. The maximum atomic E-state index is 5.47. The zero-order valence-electron chi connectivity index (χ0n) is 6.71. The van der Waals surface area contributed by atoms with Crippen LogP contribution >= 0.6 is 28.3 Å². The predicted octanol–water partition coefficient (Wildman–Crippen LogP) is 2.34. The lowest BCUT2D eigenvalue weighted by atomic mass is 10.2. The first-order valence-electron chi connectivity index (χ1n) is 3.30. The Labute approximate surface area is 86.6 Å². The quantitative estimate of drug-likeness (QED) is 0.877. The van der Waals surface area contributed by atoms with Crippen LogP contribution < -0.4 is 10.5 Å². The number of hydrogen-bond donors (Lipinski definition) is 1. The molecule has 0 saturated carbocycles. The molecule has 1 rings (SSSR count). The summed E-state index contributed by atoms with van der Waals surface area (Å²) in [5.74, 6) is 0.833. The average Bonchev–Trinajstić information content (AvgIpc) is 2.03. The molecule has 0 aliphatic heterocycles. The van der Waals surface area contributed by atoms with Crippen LogP contribution in [0, 0.1) is 0 Å². The molecule has 0 aliphatic carbocycles. The molecule has 2 nitrogen and oxygen atoms in total. The second-order valence-electron chi connectivity index (χ2n) is 2.20. The van der Waals surface area contributed by atoms with Gasteiger partial charge in [0, 0.05) is 11.0 Å². The minimum Gasteiger partial charge on any atom is -0.497 e. The summed E-state index contributed by atoms with van der Waals surface area (Å²) in [4.78, 5) is 0. The van der Waals surface area contributed by atoms with Crippen LogP contribution in [0.25, 0.3) is 0 Å². The summed E-state index contributed by atoms with van der Waals surface area (Å²) in [6.07, 6.45) is 0. The zero-order valence-corrected chi connectivity index (χ0v) is 9.11. The van der Waals surface area contributed by atoms with Crippen LogP contribution in [-0.4, -0.2) is 7.11 Å². The largest absolute Gasteiger partial charge is 0.497 e. The van der Waals surface area contributed by atoms with Crippen molar-refractivity contribution in [3.8, 4) is 5.75 Å². The standard InChI is InChI=1S/C8H10BrNO.ClH/c1-11-8-3-6(5-10)2-7(9)4-8;/h2-4H,5,10H2,1H3;1H. The summed E-state index contributed by atoms with van der Waals surface area (Å²) in [6, 6.07) is 5.80. The molecule has 0 radical (unpaired) electrons. The minimum atomic E-state index is 0. The third kappa shape index (κ3) is 3.01. The number of nitrogens with two attached hydrogens (primary N) is 1. The van der Waals surface area contributed by atoms with Crippen molar-refractivity contribution in [2.24, 2.45) is 5.73 Å². The average molecular weight is 253 g/mol. The maximum Gasteiger partial charge on any atom is 0.120 e. The Morgan fingerprint density at radius 2 is 2.08 bits per heavy atom. The van der Waals surface area contributed by atoms with Gasteiger partial charge in [-0.25, -0.2) is 0 Å². The van der Waals surface area contributed by atoms with E-state index >= 15 is 0 Å². The van der Waals surface area contributed by atoms with Gasteiger partial charge in [0.05, 0.1) is 7.11 Å². The lowest BCUT2D eigenvalue weighted by Gasteiger charge is -2.02. The molecule has 68 valence electrons. The lowest BCUT2D eigenvalue weighted by molar-refractivity contribution is 0.414. The van der Waals surface area contributed by atoms with Crippen LogP contribution in [0.4, 0.5) is 0 Å². The van der Waals surface area contributed by atoms with Gasteiger partial charge in [-0.1, -0.05) is 15.9 Å². The Bertz CT molecular complexity index is 233. The Hall–Kier alpha value is -0.250. The zero-order chi connectivity index (χ0) is 8.27. The van der Waals surface area contributed by atoms with E-state index in [2.05, 4.69) is 15.9 Å². The van der Waals surface area contributed by atoms with Gasteiger partial charge in [-0.05, 0) is 23.8 Å². The van der Waals surface area contributed by atoms with Crippen molar-refractivity contribution in [3.63, 3.8) is 0 Å². The number of ether oxygens (including phenoxy) is 1. The fraction of sp³-hybridized carbons (Fsp3) is 0.250. The van der Waals surface area contributed by atoms with E-state index in [1.807, 2.05) is 18.2 Å². The molecular weight excluding hydrogens is 241 g/mol. The van der Waals surface area contributed by atoms with Gasteiger partial charge in [-0.2, -0.15) is 0 Å². The molecule has 0 aliphatic rings. The molecule has 0 bridgehead atoms. The highest BCUT2D eigenvalue weighted by Gasteiger charge is 1.96. The Balaban J connectivity index is 0.00000121. The number of benzene rings is 1. The molecular formula is C8H11BrClNO. The van der Waals surface area contributed by atoms with Gasteiger partial charge in [0.15, 0.2) is 0 Å². The first-order valence-corrected chi connectivity index (χ1v) is 4.09. The van der Waals surface area contributed by atoms with E-state index in [1.165, 1.54) is 0 Å². The van der Waals surface area contributed by atoms with E-state index in [0.29, 0.717) is 6.54 Å². The predicted molar refractivity (Wildman–Crippen MR) is 55.8 cm³/mol. The van der Waals surface area contributed by atoms with Crippen molar-refractivity contribution in [1.82, 2.24) is 0 Å². The molecule has 12 heavy (non-hydrogen) atoms. The molecule has 2 N–H and O–H groups in total. The van der Waals surface area contributed by atoms with Gasteiger partial charge in [0.1, 0.15) is 5.75 Å². The summed E-state index contributed by atoms with van der Waals surface area (Å²) >= 11 is 3.36. The topological polar surface area (TPSA) is 35.2 Å². The summed E-state index contributed by atoms with van der Waals surface area (Å²) in [6.45, 7) is 0.538. The molecule has 0 fully saturated rings. The SMILES string of the molecule is COc1cc(Br)cc(CN)c1.Cl. The maximum absolute atomic E-state index is 5.47. The van der Waals surface area contributed by atoms with E-state index < -0.39 is 0 Å². The monoisotopic (exact) mass is 251 g/mol. The van der Waals surface area contributed by atoms with E-state index in [1.54, 1.807) is 7.11 Å². The van der Waals surface area contributed by atoms with E-state index in [0.717, 1.165) is 15.8 Å². The van der Waals surface area contributed by atoms with E-state index in [4.69, 9.17) is 10.5 Å². The van der Waals surface area contributed by atoms with Crippen LogP contribution in [0.2, 0.25) is 0 Å². The summed E-state index contributed by atoms with van der Waals surface area (Å²) in [7, 11) is 1.64. The molecule has 0 aromatic heterocycles. The molecule has 0 unspecified atom stereocenters. The Morgan fingerprint density at radius 1 is 1.42 bits per heavy atom. The molecule has 0 atom stereocenters. The summed E-state index contributed by atoms with van der Waals surface area (Å²) in [5.41, 5.74) is 6.53. The first kappa shape index (κ1) is 11.8. The van der Waals surface area contributed by atoms with Gasteiger partial charge in [-0.3, -0.25) is 0 Å². The van der Waals surface area contributed by atoms with Crippen molar-refractivity contribution < 1.29 is 4.74 Å². The van der Waals surface area contributed by atoms with Crippen LogP contribution in [0.3, 0.4) is 0 Å². The molecule has 0 amide bonds. The van der Waals surface area contributed by atoms with Crippen molar-refractivity contribution in [2.45, 2.75) is 6.54 Å². The molecule has 0 saturated heterocycles. The third-order valence-corrected chi connectivity index (χ3v) is 1.86. The van der Waals surface area contributed by atoms with Crippen LogP contribution in [0.5, 0.6) is 5.75 Å². The van der Waals surface area contributed by atoms with Gasteiger partial charge >= 0.3 is 0 Å². The molecule has 1 aromatic rings. The molecule has 4 heteroatoms. The number of methoxy groups -OCH3 is 1. The second-order valence-corrected chi connectivity index (χ2v) is 3.12. The fourth-order valence-electron chi connectivity index (χ4n) is 0.856. The third-order valence-electron chi connectivity index (χ3n) is 1.40. The highest BCUT2D eigenvalue weighted by atomic mass is 79.9. The number of hydrogen-bond acceptors (Lipinski definition) is 2.